The normalized spacial score (nSPS) is 18.9. The Morgan fingerprint density at radius 1 is 1.58 bits per heavy atom. The molecule has 0 bridgehead atoms. The van der Waals surface area contributed by atoms with Crippen molar-refractivity contribution in [3.63, 3.8) is 0 Å². The van der Waals surface area contributed by atoms with Crippen molar-refractivity contribution in [3.05, 3.63) is 28.4 Å². The summed E-state index contributed by atoms with van der Waals surface area (Å²) in [6.07, 6.45) is 2.44. The predicted molar refractivity (Wildman–Crippen MR) is 79.9 cm³/mol. The van der Waals surface area contributed by atoms with Gasteiger partial charge in [0.05, 0.1) is 12.6 Å². The molecular formula is C12H13Cl2N3OS. The molecule has 1 aliphatic heterocycles. The van der Waals surface area contributed by atoms with Crippen molar-refractivity contribution < 1.29 is 4.79 Å². The molecule has 4 nitrogen and oxygen atoms in total. The smallest absolute Gasteiger partial charge is 0.239 e. The minimum atomic E-state index is -0.329. The van der Waals surface area contributed by atoms with Crippen molar-refractivity contribution in [2.75, 3.05) is 6.54 Å². The lowest BCUT2D eigenvalue weighted by Gasteiger charge is -2.14. The van der Waals surface area contributed by atoms with Crippen molar-refractivity contribution in [3.8, 4) is 0 Å². The van der Waals surface area contributed by atoms with Gasteiger partial charge in [-0.15, -0.1) is 23.7 Å². The Balaban J connectivity index is 0.00000133. The molecule has 102 valence electrons. The van der Waals surface area contributed by atoms with Gasteiger partial charge in [-0.05, 0) is 18.6 Å². The molecule has 3 heterocycles. The van der Waals surface area contributed by atoms with Crippen LogP contribution in [0, 0.1) is 0 Å². The fourth-order valence-corrected chi connectivity index (χ4v) is 3.51. The van der Waals surface area contributed by atoms with Crippen LogP contribution in [0.2, 0.25) is 5.15 Å². The van der Waals surface area contributed by atoms with Crippen molar-refractivity contribution >= 4 is 51.3 Å². The van der Waals surface area contributed by atoms with Crippen molar-refractivity contribution in [1.82, 2.24) is 9.88 Å². The van der Waals surface area contributed by atoms with Crippen LogP contribution in [0.3, 0.4) is 0 Å². The molecule has 19 heavy (non-hydrogen) atoms. The summed E-state index contributed by atoms with van der Waals surface area (Å²) in [6.45, 7) is 1.35. The fraction of sp³-hybridized carbons (Fsp3) is 0.333. The van der Waals surface area contributed by atoms with E-state index in [9.17, 15) is 4.79 Å². The number of pyridine rings is 1. The van der Waals surface area contributed by atoms with Gasteiger partial charge >= 0.3 is 0 Å². The second kappa shape index (κ2) is 5.63. The van der Waals surface area contributed by atoms with E-state index < -0.39 is 0 Å². The molecule has 1 aliphatic rings. The number of carbonyl (C=O) groups is 1. The lowest BCUT2D eigenvalue weighted by Crippen LogP contribution is -2.33. The maximum atomic E-state index is 11.8. The van der Waals surface area contributed by atoms with Gasteiger partial charge in [-0.2, -0.15) is 0 Å². The van der Waals surface area contributed by atoms with Crippen molar-refractivity contribution in [2.24, 2.45) is 5.73 Å². The van der Waals surface area contributed by atoms with E-state index in [0.29, 0.717) is 11.7 Å². The Kier molecular flexibility index (Phi) is 4.30. The van der Waals surface area contributed by atoms with Crippen LogP contribution in [-0.4, -0.2) is 28.4 Å². The Hall–Kier alpha value is -0.880. The van der Waals surface area contributed by atoms with Crippen LogP contribution in [0.15, 0.2) is 18.3 Å². The van der Waals surface area contributed by atoms with E-state index in [1.54, 1.807) is 22.4 Å². The molecular weight excluding hydrogens is 305 g/mol. The molecule has 0 radical (unpaired) electrons. The number of thiophene rings is 1. The number of amides is 1. The summed E-state index contributed by atoms with van der Waals surface area (Å²) >= 11 is 7.68. The molecule has 0 aliphatic carbocycles. The number of hydrogen-bond acceptors (Lipinski definition) is 4. The van der Waals surface area contributed by atoms with Crippen LogP contribution >= 0.6 is 35.3 Å². The maximum Gasteiger partial charge on any atom is 0.239 e. The van der Waals surface area contributed by atoms with Crippen molar-refractivity contribution in [2.45, 2.75) is 19.0 Å². The monoisotopic (exact) mass is 317 g/mol. The summed E-state index contributed by atoms with van der Waals surface area (Å²) in [7, 11) is 0. The number of rotatable bonds is 2. The van der Waals surface area contributed by atoms with Crippen LogP contribution in [0.5, 0.6) is 0 Å². The van der Waals surface area contributed by atoms with Gasteiger partial charge in [0.25, 0.3) is 0 Å². The third-order valence-corrected chi connectivity index (χ3v) is 4.52. The highest BCUT2D eigenvalue weighted by atomic mass is 35.5. The molecule has 2 N–H and O–H groups in total. The summed E-state index contributed by atoms with van der Waals surface area (Å²) in [4.78, 5) is 18.7. The van der Waals surface area contributed by atoms with Gasteiger partial charge in [0.1, 0.15) is 5.15 Å². The molecule has 7 heteroatoms. The van der Waals surface area contributed by atoms with Gasteiger partial charge in [0.2, 0.25) is 5.91 Å². The summed E-state index contributed by atoms with van der Waals surface area (Å²) in [5.74, 6) is 0.0386. The van der Waals surface area contributed by atoms with E-state index in [2.05, 4.69) is 4.98 Å². The Morgan fingerprint density at radius 3 is 3.00 bits per heavy atom. The first-order valence-corrected chi connectivity index (χ1v) is 6.92. The zero-order valence-electron chi connectivity index (χ0n) is 10.0. The highest BCUT2D eigenvalue weighted by molar-refractivity contribution is 7.19. The third-order valence-electron chi connectivity index (χ3n) is 3.13. The zero-order chi connectivity index (χ0) is 12.7. The SMILES string of the molecule is Cl.NC1CCN(Cc2cc3c(Cl)nccc3s2)C1=O. The summed E-state index contributed by atoms with van der Waals surface area (Å²) in [5.41, 5.74) is 5.70. The third kappa shape index (κ3) is 2.69. The Bertz CT molecular complexity index is 616. The van der Waals surface area contributed by atoms with Gasteiger partial charge < -0.3 is 10.6 Å². The first kappa shape index (κ1) is 14.5. The quantitative estimate of drug-likeness (QED) is 0.865. The van der Waals surface area contributed by atoms with Crippen LogP contribution < -0.4 is 5.73 Å². The molecule has 1 amide bonds. The molecule has 2 aromatic heterocycles. The molecule has 1 fully saturated rings. The predicted octanol–water partition coefficient (Wildman–Crippen LogP) is 2.43. The molecule has 0 spiro atoms. The summed E-state index contributed by atoms with van der Waals surface area (Å²) < 4.78 is 1.10. The van der Waals surface area contributed by atoms with E-state index in [4.69, 9.17) is 17.3 Å². The van der Waals surface area contributed by atoms with E-state index in [1.807, 2.05) is 12.1 Å². The van der Waals surface area contributed by atoms with Crippen LogP contribution in [0.4, 0.5) is 0 Å². The molecule has 3 rings (SSSR count). The van der Waals surface area contributed by atoms with Gasteiger partial charge in [0.15, 0.2) is 0 Å². The van der Waals surface area contributed by atoms with E-state index >= 15 is 0 Å². The summed E-state index contributed by atoms with van der Waals surface area (Å²) in [5, 5.41) is 1.47. The first-order valence-electron chi connectivity index (χ1n) is 5.72. The first-order chi connectivity index (χ1) is 8.65. The average molecular weight is 318 g/mol. The number of fused-ring (bicyclic) bond motifs is 1. The molecule has 1 atom stereocenters. The average Bonchev–Trinajstić information content (AvgIpc) is 2.89. The zero-order valence-corrected chi connectivity index (χ0v) is 12.4. The lowest BCUT2D eigenvalue weighted by molar-refractivity contribution is -0.129. The number of hydrogen-bond donors (Lipinski definition) is 1. The number of carbonyl (C=O) groups excluding carboxylic acids is 1. The van der Waals surface area contributed by atoms with Crippen molar-refractivity contribution in [1.29, 1.82) is 0 Å². The van der Waals surface area contributed by atoms with Gasteiger partial charge in [-0.3, -0.25) is 4.79 Å². The van der Waals surface area contributed by atoms with Gasteiger partial charge in [0, 0.05) is 27.7 Å². The molecule has 2 aromatic rings. The van der Waals surface area contributed by atoms with Crippen LogP contribution in [0.1, 0.15) is 11.3 Å². The number of aromatic nitrogens is 1. The fourth-order valence-electron chi connectivity index (χ4n) is 2.17. The number of nitrogens with zero attached hydrogens (tertiary/aromatic N) is 2. The molecule has 1 saturated heterocycles. The largest absolute Gasteiger partial charge is 0.336 e. The van der Waals surface area contributed by atoms with E-state index in [0.717, 1.165) is 27.9 Å². The number of likely N-dealkylation sites (tertiary alicyclic amines) is 1. The maximum absolute atomic E-state index is 11.8. The number of nitrogens with two attached hydrogens (primary N) is 1. The minimum Gasteiger partial charge on any atom is -0.336 e. The summed E-state index contributed by atoms with van der Waals surface area (Å²) in [6, 6.07) is 3.61. The molecule has 0 saturated carbocycles. The van der Waals surface area contributed by atoms with Gasteiger partial charge in [-0.25, -0.2) is 4.98 Å². The number of halogens is 2. The second-order valence-corrected chi connectivity index (χ2v) is 5.91. The van der Waals surface area contributed by atoms with Crippen LogP contribution in [0.25, 0.3) is 10.1 Å². The molecule has 0 aromatic carbocycles. The second-order valence-electron chi connectivity index (χ2n) is 4.38. The highest BCUT2D eigenvalue weighted by Gasteiger charge is 2.28. The standard InChI is InChI=1S/C12H12ClN3OS.ClH/c13-11-8-5-7(18-10(8)1-3-15-11)6-16-4-2-9(14)12(16)17;/h1,3,5,9H,2,4,6,14H2;1H. The molecule has 1 unspecified atom stereocenters. The van der Waals surface area contributed by atoms with Crippen LogP contribution in [-0.2, 0) is 11.3 Å². The Morgan fingerprint density at radius 2 is 2.37 bits per heavy atom. The van der Waals surface area contributed by atoms with E-state index in [1.165, 1.54) is 0 Å². The van der Waals surface area contributed by atoms with E-state index in [-0.39, 0.29) is 24.4 Å². The highest BCUT2D eigenvalue weighted by Crippen LogP contribution is 2.30. The van der Waals surface area contributed by atoms with Gasteiger partial charge in [-0.1, -0.05) is 11.6 Å². The minimum absolute atomic E-state index is 0. The Labute approximate surface area is 126 Å². The topological polar surface area (TPSA) is 59.2 Å². The lowest BCUT2D eigenvalue weighted by atomic mass is 10.3.